The Labute approximate surface area is 134 Å². The van der Waals surface area contributed by atoms with Crippen LogP contribution in [0.2, 0.25) is 0 Å². The zero-order valence-corrected chi connectivity index (χ0v) is 12.5. The van der Waals surface area contributed by atoms with Crippen LogP contribution in [-0.4, -0.2) is 20.7 Å². The van der Waals surface area contributed by atoms with Gasteiger partial charge in [0.25, 0.3) is 0 Å². The highest BCUT2D eigenvalue weighted by molar-refractivity contribution is 6.00. The molecule has 1 aliphatic rings. The molecule has 1 N–H and O–H groups in total. The van der Waals surface area contributed by atoms with E-state index in [2.05, 4.69) is 15.4 Å². The second-order valence-corrected chi connectivity index (χ2v) is 5.75. The molecule has 0 radical (unpaired) electrons. The first-order valence-corrected chi connectivity index (χ1v) is 7.61. The Balaban J connectivity index is 1.53. The first-order valence-electron chi connectivity index (χ1n) is 7.61. The topological polar surface area (TPSA) is 59.8 Å². The number of anilines is 1. The van der Waals surface area contributed by atoms with Gasteiger partial charge in [0.05, 0.1) is 11.1 Å². The molecule has 1 fully saturated rings. The molecule has 0 aliphatic heterocycles. The molecule has 23 heavy (non-hydrogen) atoms. The van der Waals surface area contributed by atoms with Gasteiger partial charge in [-0.2, -0.15) is 5.10 Å². The molecule has 5 nitrogen and oxygen atoms in total. The van der Waals surface area contributed by atoms with Crippen LogP contribution in [0.15, 0.2) is 67.1 Å². The van der Waals surface area contributed by atoms with Crippen molar-refractivity contribution in [1.82, 2.24) is 14.8 Å². The number of nitrogens with zero attached hydrogens (tertiary/aromatic N) is 3. The fraction of sp³-hybridized carbons (Fsp3) is 0.167. The summed E-state index contributed by atoms with van der Waals surface area (Å²) in [6.07, 6.45) is 7.02. The van der Waals surface area contributed by atoms with Crippen LogP contribution in [0.1, 0.15) is 18.4 Å². The van der Waals surface area contributed by atoms with Crippen LogP contribution in [-0.2, 0) is 10.2 Å². The first-order chi connectivity index (χ1) is 11.3. The largest absolute Gasteiger partial charge is 0.308 e. The maximum absolute atomic E-state index is 12.7. The standard InChI is InChI=1S/C18H16N4O/c23-17(18(9-10-18)14-4-2-1-3-5-14)20-16-8-13-22(21-16)15-6-11-19-12-7-15/h1-8,11-13H,9-10H2,(H,20,21,23). The van der Waals surface area contributed by atoms with Crippen LogP contribution in [0.25, 0.3) is 5.69 Å². The third-order valence-corrected chi connectivity index (χ3v) is 4.27. The van der Waals surface area contributed by atoms with Crippen molar-refractivity contribution in [2.75, 3.05) is 5.32 Å². The summed E-state index contributed by atoms with van der Waals surface area (Å²) in [4.78, 5) is 16.7. The van der Waals surface area contributed by atoms with Gasteiger partial charge in [-0.1, -0.05) is 30.3 Å². The number of hydrogen-bond donors (Lipinski definition) is 1. The minimum absolute atomic E-state index is 0.0173. The van der Waals surface area contributed by atoms with Gasteiger partial charge in [0.2, 0.25) is 5.91 Å². The van der Waals surface area contributed by atoms with Gasteiger partial charge in [-0.25, -0.2) is 4.68 Å². The van der Waals surface area contributed by atoms with Gasteiger partial charge in [0.1, 0.15) is 0 Å². The third-order valence-electron chi connectivity index (χ3n) is 4.27. The molecular formula is C18H16N4O. The summed E-state index contributed by atoms with van der Waals surface area (Å²) in [5.41, 5.74) is 1.59. The van der Waals surface area contributed by atoms with Crippen LogP contribution in [0, 0.1) is 0 Å². The van der Waals surface area contributed by atoms with E-state index in [0.29, 0.717) is 5.82 Å². The predicted molar refractivity (Wildman–Crippen MR) is 87.3 cm³/mol. The van der Waals surface area contributed by atoms with Crippen molar-refractivity contribution in [3.63, 3.8) is 0 Å². The molecule has 1 amide bonds. The molecule has 3 aromatic rings. The lowest BCUT2D eigenvalue weighted by molar-refractivity contribution is -0.118. The average Bonchev–Trinajstić information content (AvgIpc) is 3.30. The molecule has 2 aromatic heterocycles. The number of nitrogens with one attached hydrogen (secondary N) is 1. The predicted octanol–water partition coefficient (Wildman–Crippen LogP) is 2.94. The summed E-state index contributed by atoms with van der Waals surface area (Å²) >= 11 is 0. The van der Waals surface area contributed by atoms with Gasteiger partial charge < -0.3 is 5.32 Å². The number of aromatic nitrogens is 3. The number of amides is 1. The number of hydrogen-bond acceptors (Lipinski definition) is 3. The number of rotatable bonds is 4. The van der Waals surface area contributed by atoms with Crippen LogP contribution in [0.5, 0.6) is 0 Å². The molecule has 5 heteroatoms. The molecule has 0 spiro atoms. The molecule has 0 bridgehead atoms. The van der Waals surface area contributed by atoms with E-state index in [4.69, 9.17) is 0 Å². The monoisotopic (exact) mass is 304 g/mol. The lowest BCUT2D eigenvalue weighted by Gasteiger charge is -2.14. The van der Waals surface area contributed by atoms with Crippen LogP contribution >= 0.6 is 0 Å². The zero-order valence-electron chi connectivity index (χ0n) is 12.5. The SMILES string of the molecule is O=C(Nc1ccn(-c2ccncc2)n1)C1(c2ccccc2)CC1. The lowest BCUT2D eigenvalue weighted by atomic mass is 9.95. The molecule has 1 aromatic carbocycles. The van der Waals surface area contributed by atoms with E-state index in [9.17, 15) is 4.79 Å². The Morgan fingerprint density at radius 1 is 1.04 bits per heavy atom. The fourth-order valence-electron chi connectivity index (χ4n) is 2.80. The van der Waals surface area contributed by atoms with E-state index in [1.807, 2.05) is 48.7 Å². The van der Waals surface area contributed by atoms with Crippen LogP contribution in [0.3, 0.4) is 0 Å². The lowest BCUT2D eigenvalue weighted by Crippen LogP contribution is -2.28. The number of pyridine rings is 1. The fourth-order valence-corrected chi connectivity index (χ4v) is 2.80. The Morgan fingerprint density at radius 2 is 1.78 bits per heavy atom. The van der Waals surface area contributed by atoms with Crippen LogP contribution in [0.4, 0.5) is 5.82 Å². The second-order valence-electron chi connectivity index (χ2n) is 5.75. The Bertz CT molecular complexity index is 822. The highest BCUT2D eigenvalue weighted by atomic mass is 16.2. The molecule has 2 heterocycles. The van der Waals surface area contributed by atoms with Gasteiger partial charge in [0.15, 0.2) is 5.82 Å². The molecular weight excluding hydrogens is 288 g/mol. The number of carbonyl (C=O) groups excluding carboxylic acids is 1. The van der Waals surface area contributed by atoms with Crippen molar-refractivity contribution >= 4 is 11.7 Å². The van der Waals surface area contributed by atoms with Gasteiger partial charge in [-0.05, 0) is 30.5 Å². The van der Waals surface area contributed by atoms with E-state index in [1.54, 1.807) is 23.1 Å². The summed E-state index contributed by atoms with van der Waals surface area (Å²) < 4.78 is 1.72. The van der Waals surface area contributed by atoms with Crippen LogP contribution < -0.4 is 5.32 Å². The summed E-state index contributed by atoms with van der Waals surface area (Å²) in [7, 11) is 0. The van der Waals surface area contributed by atoms with Gasteiger partial charge >= 0.3 is 0 Å². The van der Waals surface area contributed by atoms with Crippen molar-refractivity contribution in [2.24, 2.45) is 0 Å². The normalized spacial score (nSPS) is 15.1. The van der Waals surface area contributed by atoms with Crippen molar-refractivity contribution in [2.45, 2.75) is 18.3 Å². The zero-order chi connectivity index (χ0) is 15.7. The second kappa shape index (κ2) is 5.35. The minimum Gasteiger partial charge on any atom is -0.308 e. The van der Waals surface area contributed by atoms with E-state index in [-0.39, 0.29) is 11.3 Å². The smallest absolute Gasteiger partial charge is 0.236 e. The van der Waals surface area contributed by atoms with Crippen molar-refractivity contribution < 1.29 is 4.79 Å². The molecule has 1 aliphatic carbocycles. The maximum atomic E-state index is 12.7. The number of carbonyl (C=O) groups is 1. The van der Waals surface area contributed by atoms with Crippen molar-refractivity contribution in [1.29, 1.82) is 0 Å². The van der Waals surface area contributed by atoms with E-state index in [1.165, 1.54) is 0 Å². The molecule has 0 saturated heterocycles. The van der Waals surface area contributed by atoms with E-state index in [0.717, 1.165) is 24.1 Å². The summed E-state index contributed by atoms with van der Waals surface area (Å²) in [6.45, 7) is 0. The van der Waals surface area contributed by atoms with E-state index >= 15 is 0 Å². The van der Waals surface area contributed by atoms with E-state index < -0.39 is 0 Å². The molecule has 1 saturated carbocycles. The van der Waals surface area contributed by atoms with Crippen molar-refractivity contribution in [3.05, 3.63) is 72.7 Å². The average molecular weight is 304 g/mol. The van der Waals surface area contributed by atoms with Gasteiger partial charge in [-0.3, -0.25) is 9.78 Å². The van der Waals surface area contributed by atoms with Gasteiger partial charge in [-0.15, -0.1) is 0 Å². The summed E-state index contributed by atoms with van der Waals surface area (Å²) in [5.74, 6) is 0.581. The molecule has 0 unspecified atom stereocenters. The Hall–Kier alpha value is -2.95. The summed E-state index contributed by atoms with van der Waals surface area (Å²) in [6, 6.07) is 15.5. The highest BCUT2D eigenvalue weighted by Crippen LogP contribution is 2.48. The third kappa shape index (κ3) is 2.50. The maximum Gasteiger partial charge on any atom is 0.236 e. The van der Waals surface area contributed by atoms with Gasteiger partial charge in [0, 0.05) is 24.7 Å². The van der Waals surface area contributed by atoms with Crippen molar-refractivity contribution in [3.8, 4) is 5.69 Å². The molecule has 0 atom stereocenters. The first kappa shape index (κ1) is 13.7. The number of benzene rings is 1. The quantitative estimate of drug-likeness (QED) is 0.806. The Morgan fingerprint density at radius 3 is 2.48 bits per heavy atom. The highest BCUT2D eigenvalue weighted by Gasteiger charge is 2.51. The molecule has 114 valence electrons. The minimum atomic E-state index is -0.387. The summed E-state index contributed by atoms with van der Waals surface area (Å²) in [5, 5.41) is 7.36. The molecule has 4 rings (SSSR count). The Kier molecular flexibility index (Phi) is 3.19.